The fraction of sp³-hybridized carbons (Fsp3) is 0.650. The average molecular weight is 403 g/mol. The largest absolute Gasteiger partial charge is 0.351 e. The Morgan fingerprint density at radius 1 is 1.10 bits per heavy atom. The lowest BCUT2D eigenvalue weighted by Gasteiger charge is -2.52. The minimum absolute atomic E-state index is 0.181. The van der Waals surface area contributed by atoms with Crippen LogP contribution in [-0.4, -0.2) is 45.2 Å². The number of anilines is 3. The van der Waals surface area contributed by atoms with Gasteiger partial charge in [0.2, 0.25) is 5.95 Å². The first-order chi connectivity index (χ1) is 14.0. The van der Waals surface area contributed by atoms with Gasteiger partial charge in [0, 0.05) is 49.4 Å². The SMILES string of the molecule is FC1(F)CC(Nc2nccc(Nc3cc(C4CCCC4)[nH]n3)n2)CCC12CNC2. The second-order valence-electron chi connectivity index (χ2n) is 8.75. The molecular formula is C20H27F2N7. The second-order valence-corrected chi connectivity index (χ2v) is 8.75. The molecular weight excluding hydrogens is 376 g/mol. The van der Waals surface area contributed by atoms with E-state index < -0.39 is 11.3 Å². The predicted octanol–water partition coefficient (Wildman–Crippen LogP) is 3.79. The molecule has 2 aromatic rings. The smallest absolute Gasteiger partial charge is 0.258 e. The Hall–Kier alpha value is -2.29. The molecule has 156 valence electrons. The molecule has 1 aliphatic heterocycles. The van der Waals surface area contributed by atoms with Gasteiger partial charge in [-0.15, -0.1) is 0 Å². The number of nitrogens with zero attached hydrogens (tertiary/aromatic N) is 3. The van der Waals surface area contributed by atoms with Crippen LogP contribution in [0.15, 0.2) is 18.3 Å². The average Bonchev–Trinajstić information content (AvgIpc) is 3.31. The van der Waals surface area contributed by atoms with E-state index in [4.69, 9.17) is 0 Å². The molecule has 2 aromatic heterocycles. The van der Waals surface area contributed by atoms with Crippen molar-refractivity contribution in [1.82, 2.24) is 25.5 Å². The van der Waals surface area contributed by atoms with Crippen molar-refractivity contribution in [2.24, 2.45) is 5.41 Å². The summed E-state index contributed by atoms with van der Waals surface area (Å²) in [6.45, 7) is 0.824. The molecule has 1 atom stereocenters. The van der Waals surface area contributed by atoms with E-state index in [0.717, 1.165) is 5.69 Å². The molecule has 1 spiro atoms. The van der Waals surface area contributed by atoms with Gasteiger partial charge in [-0.25, -0.2) is 13.8 Å². The third kappa shape index (κ3) is 3.56. The maximum absolute atomic E-state index is 14.6. The Bertz CT molecular complexity index is 858. The van der Waals surface area contributed by atoms with E-state index >= 15 is 0 Å². The molecule has 4 N–H and O–H groups in total. The number of aromatic nitrogens is 4. The van der Waals surface area contributed by atoms with Crippen molar-refractivity contribution >= 4 is 17.6 Å². The van der Waals surface area contributed by atoms with Crippen LogP contribution in [-0.2, 0) is 0 Å². The van der Waals surface area contributed by atoms with E-state index in [1.165, 1.54) is 25.7 Å². The number of H-pyrrole nitrogens is 1. The lowest BCUT2D eigenvalue weighted by molar-refractivity contribution is -0.174. The number of hydrogen-bond acceptors (Lipinski definition) is 6. The van der Waals surface area contributed by atoms with Crippen LogP contribution in [0.1, 0.15) is 56.6 Å². The predicted molar refractivity (Wildman–Crippen MR) is 107 cm³/mol. The summed E-state index contributed by atoms with van der Waals surface area (Å²) in [7, 11) is 0. The minimum Gasteiger partial charge on any atom is -0.351 e. The molecule has 29 heavy (non-hydrogen) atoms. The number of hydrogen-bond donors (Lipinski definition) is 4. The Kier molecular flexibility index (Phi) is 4.64. The maximum Gasteiger partial charge on any atom is 0.258 e. The zero-order chi connectivity index (χ0) is 19.9. The summed E-state index contributed by atoms with van der Waals surface area (Å²) < 4.78 is 29.2. The fourth-order valence-corrected chi connectivity index (χ4v) is 4.91. The van der Waals surface area contributed by atoms with E-state index in [9.17, 15) is 8.78 Å². The fourth-order valence-electron chi connectivity index (χ4n) is 4.91. The zero-order valence-corrected chi connectivity index (χ0v) is 16.3. The molecule has 0 bridgehead atoms. The first kappa shape index (κ1) is 18.7. The highest BCUT2D eigenvalue weighted by atomic mass is 19.3. The van der Waals surface area contributed by atoms with Crippen molar-refractivity contribution < 1.29 is 8.78 Å². The normalized spacial score (nSPS) is 25.7. The van der Waals surface area contributed by atoms with Gasteiger partial charge in [0.05, 0.1) is 5.41 Å². The van der Waals surface area contributed by atoms with Gasteiger partial charge in [0.15, 0.2) is 5.82 Å². The monoisotopic (exact) mass is 403 g/mol. The van der Waals surface area contributed by atoms with Crippen molar-refractivity contribution in [2.75, 3.05) is 23.7 Å². The van der Waals surface area contributed by atoms with Gasteiger partial charge >= 0.3 is 0 Å². The third-order valence-corrected chi connectivity index (χ3v) is 6.81. The van der Waals surface area contributed by atoms with Crippen LogP contribution >= 0.6 is 0 Å². The number of rotatable bonds is 5. The highest BCUT2D eigenvalue weighted by Gasteiger charge is 2.59. The van der Waals surface area contributed by atoms with Gasteiger partial charge in [-0.1, -0.05) is 12.8 Å². The number of nitrogens with one attached hydrogen (secondary N) is 4. The Labute approximate surface area is 168 Å². The standard InChI is InChI=1S/C20H27F2N7/c21-20(22)10-14(5-7-19(20)11-23-12-19)25-18-24-8-6-16(27-18)26-17-9-15(28-29-17)13-3-1-2-4-13/h6,8-9,13-14,23H,1-5,7,10-12H2,(H3,24,25,26,27,28,29). The highest BCUT2D eigenvalue weighted by Crippen LogP contribution is 2.50. The summed E-state index contributed by atoms with van der Waals surface area (Å²) >= 11 is 0. The van der Waals surface area contributed by atoms with Gasteiger partial charge in [-0.05, 0) is 31.7 Å². The van der Waals surface area contributed by atoms with Gasteiger partial charge in [-0.2, -0.15) is 10.1 Å². The van der Waals surface area contributed by atoms with Crippen LogP contribution < -0.4 is 16.0 Å². The van der Waals surface area contributed by atoms with Crippen LogP contribution in [0.3, 0.4) is 0 Å². The molecule has 2 saturated carbocycles. The van der Waals surface area contributed by atoms with Crippen LogP contribution in [0, 0.1) is 5.41 Å². The molecule has 9 heteroatoms. The maximum atomic E-state index is 14.6. The van der Waals surface area contributed by atoms with Crippen molar-refractivity contribution in [2.45, 2.75) is 62.8 Å². The van der Waals surface area contributed by atoms with Crippen molar-refractivity contribution in [3.63, 3.8) is 0 Å². The van der Waals surface area contributed by atoms with Crippen LogP contribution in [0.25, 0.3) is 0 Å². The molecule has 0 radical (unpaired) electrons. The number of alkyl halides is 2. The molecule has 1 saturated heterocycles. The zero-order valence-electron chi connectivity index (χ0n) is 16.3. The molecule has 3 heterocycles. The van der Waals surface area contributed by atoms with Crippen molar-refractivity contribution in [3.05, 3.63) is 24.0 Å². The molecule has 3 fully saturated rings. The van der Waals surface area contributed by atoms with Gasteiger partial charge < -0.3 is 16.0 Å². The lowest BCUT2D eigenvalue weighted by atomic mass is 9.65. The quantitative estimate of drug-likeness (QED) is 0.607. The molecule has 2 aliphatic carbocycles. The summed E-state index contributed by atoms with van der Waals surface area (Å²) in [5.41, 5.74) is 0.299. The number of aromatic amines is 1. The first-order valence-electron chi connectivity index (χ1n) is 10.5. The van der Waals surface area contributed by atoms with E-state index in [0.29, 0.717) is 49.4 Å². The topological polar surface area (TPSA) is 90.5 Å². The van der Waals surface area contributed by atoms with E-state index in [-0.39, 0.29) is 12.5 Å². The Morgan fingerprint density at radius 2 is 1.93 bits per heavy atom. The summed E-state index contributed by atoms with van der Waals surface area (Å²) in [4.78, 5) is 8.66. The summed E-state index contributed by atoms with van der Waals surface area (Å²) in [6.07, 6.45) is 7.60. The van der Waals surface area contributed by atoms with Gasteiger partial charge in [0.25, 0.3) is 5.92 Å². The lowest BCUT2D eigenvalue weighted by Crippen LogP contribution is -2.65. The molecule has 0 aromatic carbocycles. The van der Waals surface area contributed by atoms with Crippen molar-refractivity contribution in [3.8, 4) is 0 Å². The molecule has 0 amide bonds. The van der Waals surface area contributed by atoms with Gasteiger partial charge in [-0.3, -0.25) is 5.10 Å². The molecule has 7 nitrogen and oxygen atoms in total. The van der Waals surface area contributed by atoms with E-state index in [1.54, 1.807) is 12.3 Å². The van der Waals surface area contributed by atoms with Crippen LogP contribution in [0.2, 0.25) is 0 Å². The van der Waals surface area contributed by atoms with Gasteiger partial charge in [0.1, 0.15) is 5.82 Å². The van der Waals surface area contributed by atoms with E-state index in [1.807, 2.05) is 6.07 Å². The molecule has 5 rings (SSSR count). The summed E-state index contributed by atoms with van der Waals surface area (Å²) in [6, 6.07) is 3.45. The first-order valence-corrected chi connectivity index (χ1v) is 10.5. The summed E-state index contributed by atoms with van der Waals surface area (Å²) in [5, 5.41) is 16.7. The Morgan fingerprint density at radius 3 is 2.66 bits per heavy atom. The third-order valence-electron chi connectivity index (χ3n) is 6.81. The van der Waals surface area contributed by atoms with E-state index in [2.05, 4.69) is 36.1 Å². The minimum atomic E-state index is -2.67. The van der Waals surface area contributed by atoms with Crippen LogP contribution in [0.5, 0.6) is 0 Å². The molecule has 3 aliphatic rings. The van der Waals surface area contributed by atoms with Crippen LogP contribution in [0.4, 0.5) is 26.4 Å². The van der Waals surface area contributed by atoms with Crippen molar-refractivity contribution in [1.29, 1.82) is 0 Å². The number of halogens is 2. The summed E-state index contributed by atoms with van der Waals surface area (Å²) in [5.74, 6) is -0.447. The molecule has 1 unspecified atom stereocenters. The second kappa shape index (κ2) is 7.19. The highest BCUT2D eigenvalue weighted by molar-refractivity contribution is 5.53. The Balaban J connectivity index is 1.22.